The Morgan fingerprint density at radius 1 is 0.411 bits per heavy atom. The Balaban J connectivity index is 0.844. The van der Waals surface area contributed by atoms with Gasteiger partial charge in [-0.25, -0.2) is 0 Å². The molecule has 0 N–H and O–H groups in total. The molecule has 1 unspecified atom stereocenters. The van der Waals surface area contributed by atoms with Crippen molar-refractivity contribution in [1.29, 1.82) is 0 Å². The molecule has 0 saturated heterocycles. The molecule has 73 heavy (non-hydrogen) atoms. The highest BCUT2D eigenvalue weighted by molar-refractivity contribution is 6.19. The highest BCUT2D eigenvalue weighted by atomic mass is 16.3. The minimum atomic E-state index is -0.228. The van der Waals surface area contributed by atoms with Crippen LogP contribution in [0.15, 0.2) is 173 Å². The third-order valence-electron chi connectivity index (χ3n) is 17.9. The molecule has 2 heteroatoms. The summed E-state index contributed by atoms with van der Waals surface area (Å²) in [4.78, 5) is 0. The monoisotopic (exact) mass is 946 g/mol. The number of para-hydroxylation sites is 2. The van der Waals surface area contributed by atoms with Crippen molar-refractivity contribution >= 4 is 43.9 Å². The summed E-state index contributed by atoms with van der Waals surface area (Å²) in [5.41, 5.74) is 28.9. The van der Waals surface area contributed by atoms with Crippen molar-refractivity contribution in [2.45, 2.75) is 110 Å². The van der Waals surface area contributed by atoms with Gasteiger partial charge < -0.3 is 8.83 Å². The number of fused-ring (bicyclic) bond motifs is 17. The predicted molar refractivity (Wildman–Crippen MR) is 306 cm³/mol. The second-order valence-electron chi connectivity index (χ2n) is 24.5. The SMILES string of the molecule is Cc1ccc(C(Cc2ccc3c(c2)C(C)(C)c2cc4c(cc2-3)C(C)(C)c2ccc3oc5ccccc5c3c2-4)Cc2ccc3c(c2)C(C)(C)c2cc(-c4ccccc4C(C)(C)C)c4oc5ccccc5c4c2-3)cc1. The molecule has 0 bridgehead atoms. The minimum absolute atomic E-state index is 0.0354. The van der Waals surface area contributed by atoms with E-state index in [9.17, 15) is 0 Å². The van der Waals surface area contributed by atoms with Crippen LogP contribution in [0.2, 0.25) is 0 Å². The van der Waals surface area contributed by atoms with E-state index in [0.29, 0.717) is 0 Å². The van der Waals surface area contributed by atoms with Gasteiger partial charge in [0, 0.05) is 43.4 Å². The molecular weight excluding hydrogens is 885 g/mol. The average Bonchev–Trinajstić information content (AvgIpc) is 4.12. The molecule has 0 saturated carbocycles. The van der Waals surface area contributed by atoms with Crippen LogP contribution in [0.3, 0.4) is 0 Å². The van der Waals surface area contributed by atoms with Gasteiger partial charge in [-0.05, 0) is 162 Å². The Morgan fingerprint density at radius 2 is 0.945 bits per heavy atom. The summed E-state index contributed by atoms with van der Waals surface area (Å²) in [6, 6.07) is 62.3. The normalized spacial score (nSPS) is 15.9. The van der Waals surface area contributed by atoms with Gasteiger partial charge in [-0.3, -0.25) is 0 Å². The van der Waals surface area contributed by atoms with Crippen molar-refractivity contribution in [2.75, 3.05) is 0 Å². The van der Waals surface area contributed by atoms with Crippen molar-refractivity contribution < 1.29 is 8.83 Å². The highest BCUT2D eigenvalue weighted by Gasteiger charge is 2.44. The number of benzene rings is 9. The fourth-order valence-corrected chi connectivity index (χ4v) is 14.0. The third kappa shape index (κ3) is 6.29. The molecule has 0 aliphatic heterocycles. The average molecular weight is 947 g/mol. The van der Waals surface area contributed by atoms with Gasteiger partial charge in [-0.15, -0.1) is 0 Å². The van der Waals surface area contributed by atoms with E-state index in [1.165, 1.54) is 127 Å². The van der Waals surface area contributed by atoms with E-state index in [0.717, 1.165) is 35.2 Å². The fraction of sp³-hybridized carbons (Fsp3) is 0.239. The summed E-state index contributed by atoms with van der Waals surface area (Å²) in [5, 5.41) is 4.84. The van der Waals surface area contributed by atoms with Crippen LogP contribution in [-0.2, 0) is 34.5 Å². The first-order valence-electron chi connectivity index (χ1n) is 26.6. The van der Waals surface area contributed by atoms with Gasteiger partial charge in [0.2, 0.25) is 0 Å². The summed E-state index contributed by atoms with van der Waals surface area (Å²) in [6.07, 6.45) is 1.89. The van der Waals surface area contributed by atoms with Gasteiger partial charge in [0.1, 0.15) is 22.3 Å². The number of aryl methyl sites for hydroxylation is 1. The summed E-state index contributed by atoms with van der Waals surface area (Å²) >= 11 is 0. The molecular formula is C71H62O2. The van der Waals surface area contributed by atoms with E-state index in [1.54, 1.807) is 0 Å². The largest absolute Gasteiger partial charge is 0.456 e. The number of furan rings is 2. The lowest BCUT2D eigenvalue weighted by atomic mass is 9.78. The van der Waals surface area contributed by atoms with Gasteiger partial charge >= 0.3 is 0 Å². The van der Waals surface area contributed by atoms with Crippen LogP contribution in [0.5, 0.6) is 0 Å². The minimum Gasteiger partial charge on any atom is -0.456 e. The van der Waals surface area contributed by atoms with Crippen LogP contribution in [0.25, 0.3) is 88.4 Å². The molecule has 0 radical (unpaired) electrons. The van der Waals surface area contributed by atoms with Crippen LogP contribution in [-0.4, -0.2) is 0 Å². The predicted octanol–water partition coefficient (Wildman–Crippen LogP) is 19.2. The Morgan fingerprint density at radius 3 is 1.66 bits per heavy atom. The summed E-state index contributed by atoms with van der Waals surface area (Å²) in [6.45, 7) is 23.7. The molecule has 2 aromatic heterocycles. The van der Waals surface area contributed by atoms with E-state index in [-0.39, 0.29) is 27.6 Å². The van der Waals surface area contributed by atoms with Crippen LogP contribution in [0, 0.1) is 6.92 Å². The van der Waals surface area contributed by atoms with Gasteiger partial charge in [0.05, 0.1) is 0 Å². The van der Waals surface area contributed by atoms with Crippen molar-refractivity contribution in [2.24, 2.45) is 0 Å². The van der Waals surface area contributed by atoms with Crippen molar-refractivity contribution in [3.63, 3.8) is 0 Å². The Kier molecular flexibility index (Phi) is 9.15. The molecule has 3 aliphatic rings. The van der Waals surface area contributed by atoms with Crippen LogP contribution in [0.1, 0.15) is 129 Å². The van der Waals surface area contributed by atoms with Crippen molar-refractivity contribution in [3.8, 4) is 44.5 Å². The summed E-state index contributed by atoms with van der Waals surface area (Å²) in [7, 11) is 0. The molecule has 2 heterocycles. The molecule has 0 spiro atoms. The summed E-state index contributed by atoms with van der Waals surface area (Å²) in [5.74, 6) is 0.286. The number of hydrogen-bond donors (Lipinski definition) is 0. The van der Waals surface area contributed by atoms with Crippen LogP contribution < -0.4 is 0 Å². The molecule has 11 aromatic rings. The van der Waals surface area contributed by atoms with E-state index in [4.69, 9.17) is 8.83 Å². The maximum absolute atomic E-state index is 6.92. The molecule has 0 fully saturated rings. The van der Waals surface area contributed by atoms with Crippen LogP contribution in [0.4, 0.5) is 0 Å². The lowest BCUT2D eigenvalue weighted by Gasteiger charge is -2.26. The topological polar surface area (TPSA) is 26.3 Å². The first-order valence-corrected chi connectivity index (χ1v) is 26.6. The standard InChI is InChI=1S/C71H62O2/c1-40-23-27-43(28-24-40)44(33-41-25-29-46-50-37-58-52(39-57(50)70(7,8)55(46)35-41)64-54(69(58,5)6)31-32-62-65(64)48-18-12-15-21-60(48)72-62)34-42-26-30-47-56(36-42)71(9,10)59-38-51(45-17-11-14-20-53(45)68(2,3)4)67-66(63(47)59)49-19-13-16-22-61(49)73-67/h11-32,35-39,44H,33-34H2,1-10H3. The third-order valence-corrected chi connectivity index (χ3v) is 17.9. The second kappa shape index (κ2) is 15.1. The fourth-order valence-electron chi connectivity index (χ4n) is 14.0. The zero-order chi connectivity index (χ0) is 50.1. The van der Waals surface area contributed by atoms with E-state index in [2.05, 4.69) is 233 Å². The molecule has 0 amide bonds. The zero-order valence-corrected chi connectivity index (χ0v) is 43.9. The van der Waals surface area contributed by atoms with Crippen molar-refractivity contribution in [3.05, 3.63) is 225 Å². The molecule has 1 atom stereocenters. The van der Waals surface area contributed by atoms with Crippen molar-refractivity contribution in [1.82, 2.24) is 0 Å². The van der Waals surface area contributed by atoms with Gasteiger partial charge in [0.25, 0.3) is 0 Å². The molecule has 14 rings (SSSR count). The maximum Gasteiger partial charge on any atom is 0.143 e. The van der Waals surface area contributed by atoms with E-state index >= 15 is 0 Å². The molecule has 2 nitrogen and oxygen atoms in total. The Hall–Kier alpha value is -7.42. The molecule has 3 aliphatic carbocycles. The zero-order valence-electron chi connectivity index (χ0n) is 43.9. The summed E-state index contributed by atoms with van der Waals surface area (Å²) < 4.78 is 13.4. The van der Waals surface area contributed by atoms with Crippen LogP contribution >= 0.6 is 0 Å². The quantitative estimate of drug-likeness (QED) is 0.166. The number of rotatable bonds is 6. The Labute approximate surface area is 429 Å². The second-order valence-corrected chi connectivity index (χ2v) is 24.5. The molecule has 9 aromatic carbocycles. The van der Waals surface area contributed by atoms with Gasteiger partial charge in [-0.1, -0.05) is 195 Å². The lowest BCUT2D eigenvalue weighted by molar-refractivity contribution is 0.591. The first kappa shape index (κ1) is 44.3. The maximum atomic E-state index is 6.92. The van der Waals surface area contributed by atoms with Gasteiger partial charge in [-0.2, -0.15) is 0 Å². The first-order chi connectivity index (χ1) is 35.0. The number of hydrogen-bond acceptors (Lipinski definition) is 2. The smallest absolute Gasteiger partial charge is 0.143 e. The highest BCUT2D eigenvalue weighted by Crippen LogP contribution is 2.59. The van der Waals surface area contributed by atoms with E-state index < -0.39 is 0 Å². The lowest BCUT2D eigenvalue weighted by Crippen LogP contribution is -2.17. The van der Waals surface area contributed by atoms with E-state index in [1.807, 2.05) is 0 Å². The van der Waals surface area contributed by atoms with Gasteiger partial charge in [0.15, 0.2) is 0 Å². The Bertz CT molecular complexity index is 4150. The molecule has 358 valence electrons.